The van der Waals surface area contributed by atoms with Gasteiger partial charge in [0.05, 0.1) is 27.7 Å². The van der Waals surface area contributed by atoms with Gasteiger partial charge in [-0.1, -0.05) is 255 Å². The molecule has 0 aliphatic heterocycles. The molecule has 0 saturated heterocycles. The minimum Gasteiger partial charge on any atom is -0.462 e. The van der Waals surface area contributed by atoms with E-state index in [2.05, 4.69) is 184 Å². The Kier molecular flexibility index (Phi) is 59.4. The fourth-order valence-corrected chi connectivity index (χ4v) is 8.94. The number of carbonyl (C=O) groups is 2. The van der Waals surface area contributed by atoms with E-state index < -0.39 is 26.5 Å². The summed E-state index contributed by atoms with van der Waals surface area (Å²) in [5.41, 5.74) is 0. The van der Waals surface area contributed by atoms with Gasteiger partial charge in [0.25, 0.3) is 0 Å². The highest BCUT2D eigenvalue weighted by Crippen LogP contribution is 2.43. The molecule has 10 heteroatoms. The summed E-state index contributed by atoms with van der Waals surface area (Å²) < 4.78 is 34.6. The third-order valence-corrected chi connectivity index (χ3v) is 14.2. The smallest absolute Gasteiger partial charge is 0.462 e. The van der Waals surface area contributed by atoms with Crippen LogP contribution in [-0.4, -0.2) is 74.9 Å². The zero-order valence-electron chi connectivity index (χ0n) is 53.8. The van der Waals surface area contributed by atoms with E-state index in [1.807, 2.05) is 21.1 Å². The van der Waals surface area contributed by atoms with E-state index >= 15 is 0 Å². The lowest BCUT2D eigenvalue weighted by atomic mass is 10.1. The fraction of sp³-hybridized carbons (Fsp3) is 0.595. The van der Waals surface area contributed by atoms with Gasteiger partial charge in [0.1, 0.15) is 19.8 Å². The Labute approximate surface area is 515 Å². The van der Waals surface area contributed by atoms with Crippen molar-refractivity contribution in [2.75, 3.05) is 47.5 Å². The predicted molar refractivity (Wildman–Crippen MR) is 362 cm³/mol. The molecule has 2 atom stereocenters. The molecule has 9 nitrogen and oxygen atoms in total. The molecule has 0 aliphatic rings. The highest BCUT2D eigenvalue weighted by Gasteiger charge is 2.27. The summed E-state index contributed by atoms with van der Waals surface area (Å²) in [5, 5.41) is 0. The second-order valence-corrected chi connectivity index (χ2v) is 23.9. The van der Waals surface area contributed by atoms with Crippen LogP contribution in [0.3, 0.4) is 0 Å². The Bertz CT molecular complexity index is 2020. The van der Waals surface area contributed by atoms with Crippen molar-refractivity contribution in [2.45, 2.75) is 238 Å². The lowest BCUT2D eigenvalue weighted by molar-refractivity contribution is -0.870. The summed E-state index contributed by atoms with van der Waals surface area (Å²) in [6.07, 6.45) is 95.9. The number of likely N-dealkylation sites (N-methyl/N-ethyl adjacent to an activating group) is 1. The third kappa shape index (κ3) is 66.5. The maximum Gasteiger partial charge on any atom is 0.472 e. The Morgan fingerprint density at radius 3 is 1.04 bits per heavy atom. The van der Waals surface area contributed by atoms with Gasteiger partial charge < -0.3 is 18.9 Å². The molecular formula is C74H121NO8P+. The Morgan fingerprint density at radius 2 is 0.679 bits per heavy atom. The summed E-state index contributed by atoms with van der Waals surface area (Å²) in [7, 11) is 1.42. The number of phosphoric acid groups is 1. The molecule has 2 unspecified atom stereocenters. The molecule has 84 heavy (non-hydrogen) atoms. The summed E-state index contributed by atoms with van der Waals surface area (Å²) >= 11 is 0. The first kappa shape index (κ1) is 79.4. The lowest BCUT2D eigenvalue weighted by Gasteiger charge is -2.24. The molecule has 0 aromatic heterocycles. The van der Waals surface area contributed by atoms with Gasteiger partial charge in [-0.15, -0.1) is 0 Å². The number of unbranched alkanes of at least 4 members (excludes halogenated alkanes) is 16. The van der Waals surface area contributed by atoms with Crippen LogP contribution >= 0.6 is 7.82 Å². The van der Waals surface area contributed by atoms with Crippen LogP contribution in [0.2, 0.25) is 0 Å². The number of carbonyl (C=O) groups excluding carboxylic acids is 2. The largest absolute Gasteiger partial charge is 0.472 e. The van der Waals surface area contributed by atoms with Gasteiger partial charge in [-0.2, -0.15) is 0 Å². The molecule has 0 heterocycles. The molecule has 474 valence electrons. The quantitative estimate of drug-likeness (QED) is 0.0211. The molecule has 0 spiro atoms. The van der Waals surface area contributed by atoms with Crippen LogP contribution in [0.5, 0.6) is 0 Å². The molecule has 0 aromatic carbocycles. The molecule has 0 saturated carbocycles. The first-order valence-corrected chi connectivity index (χ1v) is 34.4. The highest BCUT2D eigenvalue weighted by molar-refractivity contribution is 7.47. The van der Waals surface area contributed by atoms with Crippen molar-refractivity contribution in [1.82, 2.24) is 0 Å². The summed E-state index contributed by atoms with van der Waals surface area (Å²) in [6, 6.07) is 0. The topological polar surface area (TPSA) is 108 Å². The highest BCUT2D eigenvalue weighted by atomic mass is 31.2. The lowest BCUT2D eigenvalue weighted by Crippen LogP contribution is -2.37. The van der Waals surface area contributed by atoms with Crippen molar-refractivity contribution < 1.29 is 42.1 Å². The van der Waals surface area contributed by atoms with Crippen LogP contribution in [0.15, 0.2) is 170 Å². The van der Waals surface area contributed by atoms with Gasteiger partial charge in [-0.3, -0.25) is 18.6 Å². The number of rotatable bonds is 58. The average Bonchev–Trinajstić information content (AvgIpc) is 3.61. The number of allylic oxidation sites excluding steroid dienone is 28. The van der Waals surface area contributed by atoms with E-state index in [0.29, 0.717) is 17.4 Å². The molecule has 0 amide bonds. The van der Waals surface area contributed by atoms with Crippen LogP contribution in [0.1, 0.15) is 232 Å². The maximum absolute atomic E-state index is 12.8. The second kappa shape index (κ2) is 62.9. The number of hydrogen-bond acceptors (Lipinski definition) is 7. The van der Waals surface area contributed by atoms with E-state index in [9.17, 15) is 19.0 Å². The third-order valence-electron chi connectivity index (χ3n) is 13.2. The number of quaternary nitrogens is 1. The average molecular weight is 1180 g/mol. The van der Waals surface area contributed by atoms with Gasteiger partial charge >= 0.3 is 19.8 Å². The maximum atomic E-state index is 12.8. The first-order chi connectivity index (χ1) is 41.0. The van der Waals surface area contributed by atoms with E-state index in [1.54, 1.807) is 0 Å². The molecule has 0 aromatic rings. The molecule has 0 rings (SSSR count). The minimum atomic E-state index is -4.42. The molecule has 0 aliphatic carbocycles. The molecule has 1 N–H and O–H groups in total. The fourth-order valence-electron chi connectivity index (χ4n) is 8.20. The van der Waals surface area contributed by atoms with Gasteiger partial charge in [0.15, 0.2) is 6.10 Å². The zero-order chi connectivity index (χ0) is 61.2. The van der Waals surface area contributed by atoms with Gasteiger partial charge in [0, 0.05) is 12.8 Å². The van der Waals surface area contributed by atoms with Gasteiger partial charge in [0.2, 0.25) is 0 Å². The second-order valence-electron chi connectivity index (χ2n) is 22.4. The standard InChI is InChI=1S/C74H120NO8P/c1-6-8-10-12-14-16-18-20-22-24-26-28-29-30-31-32-33-34-35-36-37-38-39-40-41-42-43-44-45-47-49-51-53-55-57-59-61-63-65-67-74(77)83-72(71-82-84(78,79)81-69-68-75(3,4)5)70-80-73(76)66-64-62-60-58-56-54-52-50-48-46-27-25-23-21-19-17-15-13-11-9-7-2/h8,10,14,16,19-22,25-28,30-31,33-34,36-37,39-40,42-43,45,47,51,53,57,59,72H,6-7,9,11-13,15,17-18,23-24,29,32,35,38,41,44,46,48-50,52,54-56,58,60-71H2,1-5H3/p+1/b10-8-,16-14-,21-19-,22-20-,27-25-,28-26-,31-30-,34-33-,37-36-,40-39-,43-42-,47-45-,53-51-,59-57-. The molecule has 0 bridgehead atoms. The zero-order valence-corrected chi connectivity index (χ0v) is 54.7. The van der Waals surface area contributed by atoms with E-state index in [0.717, 1.165) is 128 Å². The number of ether oxygens (including phenoxy) is 2. The Balaban J connectivity index is 4.25. The Hall–Kier alpha value is -4.63. The molecular weight excluding hydrogens is 1060 g/mol. The summed E-state index contributed by atoms with van der Waals surface area (Å²) in [5.74, 6) is -0.865. The predicted octanol–water partition coefficient (Wildman–Crippen LogP) is 21.4. The minimum absolute atomic E-state index is 0.0131. The SMILES string of the molecule is CC/C=C\C/C=C\C/C=C\C/C=C\C/C=C\C/C=C\C/C=C\C/C=C\C/C=C\C/C=C\C/C=C\C/C=C\CCCCC(=O)OC(COC(=O)CCCCCCCCCCC/C=C\C/C=C\CCCCCCC)COP(=O)(O)OCC[N+](C)(C)C. The monoisotopic (exact) mass is 1180 g/mol. The number of phosphoric ester groups is 1. The van der Waals surface area contributed by atoms with Crippen LogP contribution in [0.25, 0.3) is 0 Å². The molecule has 0 radical (unpaired) electrons. The Morgan fingerprint density at radius 1 is 0.381 bits per heavy atom. The van der Waals surface area contributed by atoms with Crippen LogP contribution in [-0.2, 0) is 32.7 Å². The normalized spacial score (nSPS) is 14.3. The first-order valence-electron chi connectivity index (χ1n) is 32.9. The van der Waals surface area contributed by atoms with Crippen molar-refractivity contribution in [2.24, 2.45) is 0 Å². The van der Waals surface area contributed by atoms with E-state index in [4.69, 9.17) is 18.5 Å². The van der Waals surface area contributed by atoms with Crippen molar-refractivity contribution in [3.63, 3.8) is 0 Å². The van der Waals surface area contributed by atoms with Crippen molar-refractivity contribution in [3.05, 3.63) is 170 Å². The molecule has 0 fully saturated rings. The summed E-state index contributed by atoms with van der Waals surface area (Å²) in [4.78, 5) is 35.8. The summed E-state index contributed by atoms with van der Waals surface area (Å²) in [6.45, 7) is 4.24. The van der Waals surface area contributed by atoms with Crippen LogP contribution in [0.4, 0.5) is 0 Å². The van der Waals surface area contributed by atoms with Crippen LogP contribution in [0, 0.1) is 0 Å². The van der Waals surface area contributed by atoms with E-state index in [-0.39, 0.29) is 32.0 Å². The van der Waals surface area contributed by atoms with E-state index in [1.165, 1.54) is 70.6 Å². The van der Waals surface area contributed by atoms with Gasteiger partial charge in [-0.25, -0.2) is 4.57 Å². The van der Waals surface area contributed by atoms with Gasteiger partial charge in [-0.05, 0) is 135 Å². The van der Waals surface area contributed by atoms with Crippen molar-refractivity contribution in [1.29, 1.82) is 0 Å². The number of hydrogen-bond donors (Lipinski definition) is 1. The number of nitrogens with zero attached hydrogens (tertiary/aromatic N) is 1. The number of esters is 2. The van der Waals surface area contributed by atoms with Crippen molar-refractivity contribution in [3.8, 4) is 0 Å². The van der Waals surface area contributed by atoms with Crippen molar-refractivity contribution >= 4 is 19.8 Å². The van der Waals surface area contributed by atoms with Crippen LogP contribution < -0.4 is 0 Å².